The second kappa shape index (κ2) is 15.1. The Morgan fingerprint density at radius 1 is 0.909 bits per heavy atom. The average molecular weight is 608 g/mol. The number of rotatable bonds is 13. The highest BCUT2D eigenvalue weighted by Crippen LogP contribution is 2.38. The number of amides is 3. The minimum absolute atomic E-state index is 0.0585. The molecule has 0 unspecified atom stereocenters. The summed E-state index contributed by atoms with van der Waals surface area (Å²) in [5.74, 6) is -1.38. The molecule has 2 aromatic carbocycles. The molecule has 238 valence electrons. The molecule has 0 aromatic heterocycles. The van der Waals surface area contributed by atoms with Crippen molar-refractivity contribution in [1.82, 2.24) is 15.1 Å². The first-order chi connectivity index (χ1) is 21.0. The Bertz CT molecular complexity index is 1220. The van der Waals surface area contributed by atoms with Crippen molar-refractivity contribution < 1.29 is 33.5 Å². The molecule has 2 atom stereocenters. The number of carbonyl (C=O) groups excluding carboxylic acids is 2. The third-order valence-corrected chi connectivity index (χ3v) is 8.89. The lowest BCUT2D eigenvalue weighted by Gasteiger charge is -2.33. The first-order valence-electron chi connectivity index (χ1n) is 15.6. The third kappa shape index (κ3) is 8.83. The molecule has 2 saturated heterocycles. The summed E-state index contributed by atoms with van der Waals surface area (Å²) in [4.78, 5) is 42.8. The van der Waals surface area contributed by atoms with E-state index in [1.165, 1.54) is 5.56 Å². The van der Waals surface area contributed by atoms with Gasteiger partial charge in [-0.25, -0.2) is 4.79 Å². The van der Waals surface area contributed by atoms with Gasteiger partial charge in [0, 0.05) is 19.6 Å². The summed E-state index contributed by atoms with van der Waals surface area (Å²) in [6, 6.07) is 18.3. The molecule has 0 bridgehead atoms. The predicted molar refractivity (Wildman–Crippen MR) is 168 cm³/mol. The SMILES string of the molecule is CC1(C)OB([C@H](CCCc2ccccc2)NC(=O)[C@@H](CC(=O)N2CCOCC2)N(CCc2ccccc2)C(=O)O)OC1(C)C. The summed E-state index contributed by atoms with van der Waals surface area (Å²) in [6.07, 6.45) is 0.954. The lowest BCUT2D eigenvalue weighted by molar-refractivity contribution is -0.140. The number of aryl methyl sites for hydroxylation is 1. The Labute approximate surface area is 261 Å². The Morgan fingerprint density at radius 2 is 1.45 bits per heavy atom. The van der Waals surface area contributed by atoms with E-state index in [0.717, 1.165) is 23.3 Å². The lowest BCUT2D eigenvalue weighted by atomic mass is 9.75. The van der Waals surface area contributed by atoms with E-state index in [9.17, 15) is 19.5 Å². The van der Waals surface area contributed by atoms with Crippen LogP contribution in [0.3, 0.4) is 0 Å². The van der Waals surface area contributed by atoms with Crippen molar-refractivity contribution in [1.29, 1.82) is 0 Å². The highest BCUT2D eigenvalue weighted by atomic mass is 16.7. The summed E-state index contributed by atoms with van der Waals surface area (Å²) >= 11 is 0. The molecule has 2 aromatic rings. The molecule has 4 rings (SSSR count). The normalized spacial score (nSPS) is 18.8. The topological polar surface area (TPSA) is 118 Å². The fraction of sp³-hybridized carbons (Fsp3) is 0.545. The van der Waals surface area contributed by atoms with Gasteiger partial charge in [-0.05, 0) is 64.5 Å². The molecule has 0 spiro atoms. The van der Waals surface area contributed by atoms with E-state index in [-0.39, 0.29) is 18.9 Å². The Hall–Kier alpha value is -3.41. The standard InChI is InChI=1S/C33H46BN3O7/c1-32(2)33(3,4)44-34(43-32)28(17-11-16-25-12-7-5-8-13-25)35-30(39)27(24-29(38)36-20-22-42-23-21-36)37(31(40)41)19-18-26-14-9-6-10-15-26/h5-10,12-15,27-28H,11,16-24H2,1-4H3,(H,35,39)(H,40,41)/t27-,28+/m1/s1. The van der Waals surface area contributed by atoms with Crippen LogP contribution in [-0.4, -0.2) is 96.0 Å². The van der Waals surface area contributed by atoms with Gasteiger partial charge >= 0.3 is 13.2 Å². The van der Waals surface area contributed by atoms with Crippen molar-refractivity contribution in [2.45, 2.75) is 83.0 Å². The number of benzene rings is 2. The van der Waals surface area contributed by atoms with Gasteiger partial charge in [0.1, 0.15) is 6.04 Å². The second-order valence-corrected chi connectivity index (χ2v) is 12.5. The highest BCUT2D eigenvalue weighted by molar-refractivity contribution is 6.48. The molecule has 2 fully saturated rings. The van der Waals surface area contributed by atoms with Gasteiger partial charge in [-0.2, -0.15) is 0 Å². The molecule has 0 aliphatic carbocycles. The number of hydrogen-bond donors (Lipinski definition) is 2. The van der Waals surface area contributed by atoms with Crippen LogP contribution in [0.15, 0.2) is 60.7 Å². The second-order valence-electron chi connectivity index (χ2n) is 12.5. The first kappa shape index (κ1) is 33.5. The molecule has 11 heteroatoms. The third-order valence-electron chi connectivity index (χ3n) is 8.89. The molecule has 2 N–H and O–H groups in total. The zero-order valence-electron chi connectivity index (χ0n) is 26.4. The number of nitrogens with one attached hydrogen (secondary N) is 1. The zero-order valence-corrected chi connectivity index (χ0v) is 26.4. The zero-order chi connectivity index (χ0) is 31.7. The van der Waals surface area contributed by atoms with Crippen LogP contribution < -0.4 is 5.32 Å². The van der Waals surface area contributed by atoms with Crippen LogP contribution in [-0.2, 0) is 36.5 Å². The van der Waals surface area contributed by atoms with Crippen LogP contribution in [0.4, 0.5) is 4.79 Å². The van der Waals surface area contributed by atoms with Crippen molar-refractivity contribution in [3.8, 4) is 0 Å². The quantitative estimate of drug-likeness (QED) is 0.331. The summed E-state index contributed by atoms with van der Waals surface area (Å²) < 4.78 is 18.1. The van der Waals surface area contributed by atoms with Crippen molar-refractivity contribution in [3.05, 3.63) is 71.8 Å². The number of hydrogen-bond acceptors (Lipinski definition) is 6. The van der Waals surface area contributed by atoms with Gasteiger partial charge in [0.25, 0.3) is 0 Å². The van der Waals surface area contributed by atoms with Crippen LogP contribution in [0.2, 0.25) is 0 Å². The van der Waals surface area contributed by atoms with Gasteiger partial charge in [-0.1, -0.05) is 60.7 Å². The predicted octanol–water partition coefficient (Wildman–Crippen LogP) is 3.97. The molecule has 0 radical (unpaired) electrons. The van der Waals surface area contributed by atoms with Gasteiger partial charge in [0.15, 0.2) is 0 Å². The van der Waals surface area contributed by atoms with Crippen LogP contribution in [0, 0.1) is 0 Å². The summed E-state index contributed by atoms with van der Waals surface area (Å²) in [6.45, 7) is 9.49. The lowest BCUT2D eigenvalue weighted by Crippen LogP contribution is -2.57. The fourth-order valence-electron chi connectivity index (χ4n) is 5.51. The Balaban J connectivity index is 1.56. The minimum Gasteiger partial charge on any atom is -0.465 e. The van der Waals surface area contributed by atoms with Crippen LogP contribution in [0.1, 0.15) is 58.1 Å². The maximum atomic E-state index is 14.1. The highest BCUT2D eigenvalue weighted by Gasteiger charge is 2.54. The molecule has 2 heterocycles. The van der Waals surface area contributed by atoms with E-state index in [1.54, 1.807) is 4.90 Å². The van der Waals surface area contributed by atoms with Gasteiger partial charge in [0.2, 0.25) is 11.8 Å². The van der Waals surface area contributed by atoms with Crippen LogP contribution in [0.5, 0.6) is 0 Å². The largest absolute Gasteiger partial charge is 0.481 e. The van der Waals surface area contributed by atoms with Crippen LogP contribution >= 0.6 is 0 Å². The summed E-state index contributed by atoms with van der Waals surface area (Å²) in [5, 5.41) is 13.4. The molecular formula is C33H46BN3O7. The molecule has 2 aliphatic heterocycles. The smallest absolute Gasteiger partial charge is 0.465 e. The number of carboxylic acid groups (broad SMARTS) is 1. The van der Waals surface area contributed by atoms with Crippen molar-refractivity contribution in [2.75, 3.05) is 32.8 Å². The van der Waals surface area contributed by atoms with E-state index in [1.807, 2.05) is 76.2 Å². The summed E-state index contributed by atoms with van der Waals surface area (Å²) in [7, 11) is -0.738. The number of ether oxygens (including phenoxy) is 1. The first-order valence-corrected chi connectivity index (χ1v) is 15.6. The van der Waals surface area contributed by atoms with Gasteiger partial charge in [0.05, 0.1) is 36.8 Å². The van der Waals surface area contributed by atoms with Gasteiger partial charge in [-0.15, -0.1) is 0 Å². The molecule has 3 amide bonds. The number of morpholine rings is 1. The fourth-order valence-corrected chi connectivity index (χ4v) is 5.51. The Kier molecular flexibility index (Phi) is 11.5. The van der Waals surface area contributed by atoms with E-state index >= 15 is 0 Å². The number of carbonyl (C=O) groups is 3. The average Bonchev–Trinajstić information content (AvgIpc) is 3.23. The molecule has 44 heavy (non-hydrogen) atoms. The van der Waals surface area contributed by atoms with E-state index < -0.39 is 42.3 Å². The van der Waals surface area contributed by atoms with E-state index in [4.69, 9.17) is 14.0 Å². The molecule has 10 nitrogen and oxygen atoms in total. The minimum atomic E-state index is -1.26. The Morgan fingerprint density at radius 3 is 2.00 bits per heavy atom. The number of nitrogens with zero attached hydrogens (tertiary/aromatic N) is 2. The maximum Gasteiger partial charge on any atom is 0.481 e. The molecule has 0 saturated carbocycles. The van der Waals surface area contributed by atoms with Gasteiger partial charge < -0.3 is 29.4 Å². The van der Waals surface area contributed by atoms with Crippen molar-refractivity contribution >= 4 is 25.0 Å². The van der Waals surface area contributed by atoms with Crippen molar-refractivity contribution in [2.24, 2.45) is 0 Å². The summed E-state index contributed by atoms with van der Waals surface area (Å²) in [5.41, 5.74) is 0.884. The van der Waals surface area contributed by atoms with E-state index in [2.05, 4.69) is 17.4 Å². The van der Waals surface area contributed by atoms with Gasteiger partial charge in [-0.3, -0.25) is 14.5 Å². The molecule has 2 aliphatic rings. The van der Waals surface area contributed by atoms with Crippen molar-refractivity contribution in [3.63, 3.8) is 0 Å². The van der Waals surface area contributed by atoms with E-state index in [0.29, 0.717) is 39.1 Å². The maximum absolute atomic E-state index is 14.1. The molecular weight excluding hydrogens is 561 g/mol. The monoisotopic (exact) mass is 607 g/mol. The van der Waals surface area contributed by atoms with Crippen LogP contribution in [0.25, 0.3) is 0 Å².